The average Bonchev–Trinajstić information content (AvgIpc) is 2.53. The van der Waals surface area contributed by atoms with Crippen LogP contribution in [0, 0.1) is 11.8 Å². The van der Waals surface area contributed by atoms with Crippen LogP contribution in [0.2, 0.25) is 0 Å². The second-order valence-corrected chi connectivity index (χ2v) is 8.07. The molecule has 1 fully saturated rings. The molecule has 0 aliphatic carbocycles. The highest BCUT2D eigenvalue weighted by Crippen LogP contribution is 2.63. The average molecular weight is 221 g/mol. The van der Waals surface area contributed by atoms with Crippen LogP contribution in [0.15, 0.2) is 24.3 Å². The van der Waals surface area contributed by atoms with Crippen molar-refractivity contribution in [1.29, 1.82) is 0 Å². The van der Waals surface area contributed by atoms with Crippen LogP contribution in [-0.4, -0.2) is 11.3 Å². The first-order valence-electron chi connectivity index (χ1n) is 6.11. The fraction of sp³-hybridized carbons (Fsp3) is 0.643. The van der Waals surface area contributed by atoms with Gasteiger partial charge in [0.1, 0.15) is 0 Å². The molecule has 1 saturated heterocycles. The molecule has 1 heterocycles. The predicted octanol–water partition coefficient (Wildman–Crippen LogP) is 3.97. The van der Waals surface area contributed by atoms with Crippen molar-refractivity contribution in [2.24, 2.45) is 11.8 Å². The van der Waals surface area contributed by atoms with Gasteiger partial charge in [0, 0.05) is 0 Å². The molecule has 0 N–H and O–H groups in total. The minimum Gasteiger partial charge on any atom is -0.213 e. The second kappa shape index (κ2) is 4.34. The summed E-state index contributed by atoms with van der Waals surface area (Å²) >= 11 is 0. The maximum absolute atomic E-state index is 2.39. The number of rotatable bonds is 3. The predicted molar refractivity (Wildman–Crippen MR) is 70.5 cm³/mol. The van der Waals surface area contributed by atoms with Gasteiger partial charge in [0.05, 0.1) is 0 Å². The Balaban J connectivity index is 2.16. The van der Waals surface area contributed by atoms with E-state index in [1.54, 1.807) is 5.30 Å². The lowest BCUT2D eigenvalue weighted by molar-refractivity contribution is 0.448. The van der Waals surface area contributed by atoms with Gasteiger partial charge in [-0.1, -0.05) is 27.7 Å². The first kappa shape index (κ1) is 11.3. The summed E-state index contributed by atoms with van der Waals surface area (Å²) in [5, 5.41) is 1.65. The van der Waals surface area contributed by atoms with E-state index in [4.69, 9.17) is 0 Å². The van der Waals surface area contributed by atoms with E-state index < -0.39 is 0 Å². The monoisotopic (exact) mass is 221 g/mol. The molecule has 0 spiro atoms. The number of hydrogen-bond donors (Lipinski definition) is 0. The molecule has 1 aromatic rings. The van der Waals surface area contributed by atoms with E-state index in [9.17, 15) is 0 Å². The third kappa shape index (κ3) is 2.02. The molecule has 2 atom stereocenters. The zero-order valence-corrected chi connectivity index (χ0v) is 11.2. The highest BCUT2D eigenvalue weighted by atomic mass is 31.1. The zero-order chi connectivity index (χ0) is 11.0. The van der Waals surface area contributed by atoms with Gasteiger partial charge in [0.25, 0.3) is 0 Å². The summed E-state index contributed by atoms with van der Waals surface area (Å²) in [6.45, 7) is 9.55. The SMILES string of the molecule is CC(C)[C@H]1C[C@H](C(C)C)P1[c-]1cccc1. The molecule has 0 unspecified atom stereocenters. The van der Waals surface area contributed by atoms with Crippen molar-refractivity contribution >= 4 is 13.2 Å². The van der Waals surface area contributed by atoms with Crippen LogP contribution in [0.3, 0.4) is 0 Å². The third-order valence-electron chi connectivity index (χ3n) is 3.68. The maximum Gasteiger partial charge on any atom is -0.0243 e. The zero-order valence-electron chi connectivity index (χ0n) is 10.3. The van der Waals surface area contributed by atoms with E-state index in [1.165, 1.54) is 6.42 Å². The second-order valence-electron chi connectivity index (χ2n) is 5.41. The molecule has 2 rings (SSSR count). The van der Waals surface area contributed by atoms with Gasteiger partial charge in [-0.2, -0.15) is 12.1 Å². The largest absolute Gasteiger partial charge is 0.213 e. The molecule has 0 nitrogen and oxygen atoms in total. The quantitative estimate of drug-likeness (QED) is 0.535. The molecule has 0 amide bonds. The molecule has 1 aliphatic heterocycles. The molecule has 0 saturated carbocycles. The van der Waals surface area contributed by atoms with Crippen LogP contribution >= 0.6 is 7.92 Å². The Morgan fingerprint density at radius 2 is 1.47 bits per heavy atom. The smallest absolute Gasteiger partial charge is 0.0243 e. The molecule has 84 valence electrons. The van der Waals surface area contributed by atoms with E-state index in [1.807, 2.05) is 0 Å². The lowest BCUT2D eigenvalue weighted by Gasteiger charge is -2.52. The summed E-state index contributed by atoms with van der Waals surface area (Å²) < 4.78 is 0. The van der Waals surface area contributed by atoms with Crippen LogP contribution < -0.4 is 5.30 Å². The van der Waals surface area contributed by atoms with E-state index in [0.29, 0.717) is 0 Å². The van der Waals surface area contributed by atoms with Gasteiger partial charge in [-0.15, -0.1) is 13.2 Å². The Bertz CT molecular complexity index is 283. The molecule has 1 heteroatoms. The first-order valence-corrected chi connectivity index (χ1v) is 7.59. The lowest BCUT2D eigenvalue weighted by Crippen LogP contribution is -2.40. The van der Waals surface area contributed by atoms with Crippen molar-refractivity contribution in [2.75, 3.05) is 0 Å². The Hall–Kier alpha value is -0.220. The van der Waals surface area contributed by atoms with Gasteiger partial charge in [-0.05, 0) is 29.6 Å². The van der Waals surface area contributed by atoms with Gasteiger partial charge in [0.15, 0.2) is 0 Å². The standard InChI is InChI=1S/C14H22P/c1-10(2)13-9-14(11(3)4)15(13)12-7-5-6-8-12/h5-8,10-11,13-14H,9H2,1-4H3/q-1/t13-,14-/m1/s1. The molecule has 0 bridgehead atoms. The summed E-state index contributed by atoms with van der Waals surface area (Å²) in [7, 11) is 0.138. The van der Waals surface area contributed by atoms with E-state index in [0.717, 1.165) is 23.2 Å². The van der Waals surface area contributed by atoms with Crippen LogP contribution in [0.4, 0.5) is 0 Å². The van der Waals surface area contributed by atoms with Gasteiger partial charge in [0.2, 0.25) is 0 Å². The van der Waals surface area contributed by atoms with E-state index >= 15 is 0 Å². The van der Waals surface area contributed by atoms with Crippen molar-refractivity contribution < 1.29 is 0 Å². The normalized spacial score (nSPS) is 27.3. The molecule has 1 aliphatic rings. The van der Waals surface area contributed by atoms with Gasteiger partial charge < -0.3 is 0 Å². The van der Waals surface area contributed by atoms with E-state index in [-0.39, 0.29) is 7.92 Å². The Labute approximate surface area is 95.2 Å². The molecular formula is C14H22P-. The van der Waals surface area contributed by atoms with Crippen molar-refractivity contribution in [1.82, 2.24) is 0 Å². The highest BCUT2D eigenvalue weighted by molar-refractivity contribution is 7.68. The molecule has 1 aromatic carbocycles. The summed E-state index contributed by atoms with van der Waals surface area (Å²) in [6.07, 6.45) is 1.46. The van der Waals surface area contributed by atoms with Gasteiger partial charge in [-0.25, -0.2) is 12.1 Å². The molecule has 15 heavy (non-hydrogen) atoms. The lowest BCUT2D eigenvalue weighted by atomic mass is 9.98. The third-order valence-corrected chi connectivity index (χ3v) is 7.62. The van der Waals surface area contributed by atoms with E-state index in [2.05, 4.69) is 52.0 Å². The summed E-state index contributed by atoms with van der Waals surface area (Å²) in [5.41, 5.74) is 1.96. The van der Waals surface area contributed by atoms with Crippen LogP contribution in [0.5, 0.6) is 0 Å². The van der Waals surface area contributed by atoms with Crippen molar-refractivity contribution in [3.05, 3.63) is 24.3 Å². The molecule has 0 radical (unpaired) electrons. The van der Waals surface area contributed by atoms with Gasteiger partial charge in [-0.3, -0.25) is 0 Å². The fourth-order valence-electron chi connectivity index (χ4n) is 2.69. The Morgan fingerprint density at radius 1 is 1.00 bits per heavy atom. The highest BCUT2D eigenvalue weighted by Gasteiger charge is 2.41. The van der Waals surface area contributed by atoms with Gasteiger partial charge >= 0.3 is 0 Å². The summed E-state index contributed by atoms with van der Waals surface area (Å²) in [5.74, 6) is 1.72. The topological polar surface area (TPSA) is 0 Å². The van der Waals surface area contributed by atoms with Crippen molar-refractivity contribution in [2.45, 2.75) is 45.4 Å². The molecular weight excluding hydrogens is 199 g/mol. The summed E-state index contributed by atoms with van der Waals surface area (Å²) in [4.78, 5) is 0. The summed E-state index contributed by atoms with van der Waals surface area (Å²) in [6, 6.07) is 9.08. The maximum atomic E-state index is 2.39. The van der Waals surface area contributed by atoms with Crippen molar-refractivity contribution in [3.63, 3.8) is 0 Å². The first-order chi connectivity index (χ1) is 7.11. The van der Waals surface area contributed by atoms with Crippen LogP contribution in [0.25, 0.3) is 0 Å². The van der Waals surface area contributed by atoms with Crippen molar-refractivity contribution in [3.8, 4) is 0 Å². The number of hydrogen-bond acceptors (Lipinski definition) is 0. The molecule has 0 aromatic heterocycles. The Kier molecular flexibility index (Phi) is 3.26. The van der Waals surface area contributed by atoms with Crippen LogP contribution in [-0.2, 0) is 0 Å². The minimum absolute atomic E-state index is 0.138. The fourth-order valence-corrected chi connectivity index (χ4v) is 6.26. The van der Waals surface area contributed by atoms with Crippen LogP contribution in [0.1, 0.15) is 34.1 Å². The minimum atomic E-state index is 0.138. The Morgan fingerprint density at radius 3 is 1.87 bits per heavy atom.